The predicted octanol–water partition coefficient (Wildman–Crippen LogP) is 1.14. The van der Waals surface area contributed by atoms with Gasteiger partial charge in [-0.2, -0.15) is 0 Å². The number of nitrogens with one attached hydrogen (secondary N) is 1. The Kier molecular flexibility index (Phi) is 2.65. The highest BCUT2D eigenvalue weighted by Gasteiger charge is 1.96. The van der Waals surface area contributed by atoms with Gasteiger partial charge in [-0.05, 0) is 19.4 Å². The van der Waals surface area contributed by atoms with Gasteiger partial charge in [0.1, 0.15) is 0 Å². The van der Waals surface area contributed by atoms with E-state index in [9.17, 15) is 0 Å². The topological polar surface area (TPSA) is 37.8 Å². The van der Waals surface area contributed by atoms with E-state index in [0.717, 1.165) is 11.3 Å². The minimum Gasteiger partial charge on any atom is -0.343 e. The number of nitrogens with zero attached hydrogens (tertiary/aromatic N) is 2. The lowest BCUT2D eigenvalue weighted by molar-refractivity contribution is 1.05. The summed E-state index contributed by atoms with van der Waals surface area (Å²) in [5.41, 5.74) is 2.06. The minimum absolute atomic E-state index is 0.461. The van der Waals surface area contributed by atoms with Crippen LogP contribution in [0.15, 0.2) is 6.20 Å². The van der Waals surface area contributed by atoms with Crippen molar-refractivity contribution in [1.82, 2.24) is 9.97 Å². The summed E-state index contributed by atoms with van der Waals surface area (Å²) in [6.07, 6.45) is 6.86. The molecule has 3 nitrogen and oxygen atoms in total. The number of rotatable bonds is 2. The monoisotopic (exact) mass is 161 g/mol. The fourth-order valence-corrected chi connectivity index (χ4v) is 0.743. The van der Waals surface area contributed by atoms with Crippen LogP contribution in [-0.4, -0.2) is 16.5 Å². The maximum absolute atomic E-state index is 5.08. The van der Waals surface area contributed by atoms with Crippen molar-refractivity contribution in [3.63, 3.8) is 0 Å². The van der Waals surface area contributed by atoms with Crippen LogP contribution in [0.1, 0.15) is 11.3 Å². The van der Waals surface area contributed by atoms with E-state index < -0.39 is 0 Å². The van der Waals surface area contributed by atoms with Crippen molar-refractivity contribution in [2.24, 2.45) is 0 Å². The minimum atomic E-state index is 0.461. The van der Waals surface area contributed by atoms with Gasteiger partial charge in [0.05, 0.1) is 6.54 Å². The summed E-state index contributed by atoms with van der Waals surface area (Å²) in [4.78, 5) is 8.25. The third kappa shape index (κ3) is 1.96. The van der Waals surface area contributed by atoms with Crippen molar-refractivity contribution in [3.8, 4) is 12.3 Å². The lowest BCUT2D eigenvalue weighted by Crippen LogP contribution is -2.04. The Morgan fingerprint density at radius 1 is 1.58 bits per heavy atom. The van der Waals surface area contributed by atoms with Crippen LogP contribution in [0.3, 0.4) is 0 Å². The normalized spacial score (nSPS) is 9.08. The van der Waals surface area contributed by atoms with Crippen LogP contribution in [-0.2, 0) is 0 Å². The summed E-state index contributed by atoms with van der Waals surface area (Å²) in [7, 11) is 0. The Morgan fingerprint density at radius 2 is 2.33 bits per heavy atom. The van der Waals surface area contributed by atoms with Crippen LogP contribution in [0.2, 0.25) is 0 Å². The first-order chi connectivity index (χ1) is 5.74. The zero-order chi connectivity index (χ0) is 8.97. The zero-order valence-electron chi connectivity index (χ0n) is 7.26. The van der Waals surface area contributed by atoms with Gasteiger partial charge >= 0.3 is 0 Å². The Morgan fingerprint density at radius 3 is 2.92 bits per heavy atom. The van der Waals surface area contributed by atoms with Gasteiger partial charge < -0.3 is 5.32 Å². The highest BCUT2D eigenvalue weighted by molar-refractivity contribution is 5.29. The molecule has 62 valence electrons. The maximum Gasteiger partial charge on any atom is 0.223 e. The summed E-state index contributed by atoms with van der Waals surface area (Å²) in [5, 5.41) is 2.90. The quantitative estimate of drug-likeness (QED) is 0.661. The van der Waals surface area contributed by atoms with E-state index in [2.05, 4.69) is 21.2 Å². The highest BCUT2D eigenvalue weighted by Crippen LogP contribution is 2.03. The molecule has 0 aliphatic heterocycles. The summed E-state index contributed by atoms with van der Waals surface area (Å²) in [6.45, 7) is 4.38. The second-order valence-electron chi connectivity index (χ2n) is 2.52. The van der Waals surface area contributed by atoms with Crippen LogP contribution < -0.4 is 5.32 Å². The van der Waals surface area contributed by atoms with Gasteiger partial charge in [0.15, 0.2) is 0 Å². The average molecular weight is 161 g/mol. The number of aryl methyl sites for hydroxylation is 2. The van der Waals surface area contributed by atoms with Crippen LogP contribution >= 0.6 is 0 Å². The predicted molar refractivity (Wildman–Crippen MR) is 48.8 cm³/mol. The van der Waals surface area contributed by atoms with E-state index in [1.54, 1.807) is 6.20 Å². The highest BCUT2D eigenvalue weighted by atomic mass is 15.1. The molecule has 12 heavy (non-hydrogen) atoms. The smallest absolute Gasteiger partial charge is 0.223 e. The van der Waals surface area contributed by atoms with Crippen molar-refractivity contribution in [2.75, 3.05) is 11.9 Å². The van der Waals surface area contributed by atoms with Crippen LogP contribution in [0.5, 0.6) is 0 Å². The van der Waals surface area contributed by atoms with E-state index >= 15 is 0 Å². The molecule has 0 bridgehead atoms. The van der Waals surface area contributed by atoms with E-state index in [0.29, 0.717) is 12.5 Å². The number of aromatic nitrogens is 2. The summed E-state index contributed by atoms with van der Waals surface area (Å²) in [6, 6.07) is 0. The van der Waals surface area contributed by atoms with Gasteiger partial charge in [-0.3, -0.25) is 0 Å². The Bertz CT molecular complexity index is 312. The van der Waals surface area contributed by atoms with Crippen LogP contribution in [0, 0.1) is 26.2 Å². The van der Waals surface area contributed by atoms with Gasteiger partial charge in [0.25, 0.3) is 0 Å². The Hall–Kier alpha value is -1.56. The molecule has 0 amide bonds. The van der Waals surface area contributed by atoms with Crippen molar-refractivity contribution in [1.29, 1.82) is 0 Å². The molecular weight excluding hydrogens is 150 g/mol. The molecule has 1 heterocycles. The first kappa shape index (κ1) is 8.54. The standard InChI is InChI=1S/C9H11N3/c1-4-5-10-9-11-6-7(2)8(3)12-9/h1,6H,5H2,2-3H3,(H,10,11,12). The molecule has 0 aliphatic rings. The molecule has 0 saturated carbocycles. The van der Waals surface area contributed by atoms with Gasteiger partial charge in [-0.15, -0.1) is 6.42 Å². The molecule has 0 spiro atoms. The van der Waals surface area contributed by atoms with E-state index in [1.807, 2.05) is 13.8 Å². The summed E-state index contributed by atoms with van der Waals surface area (Å²) in [5.74, 6) is 3.05. The van der Waals surface area contributed by atoms with Crippen molar-refractivity contribution in [3.05, 3.63) is 17.5 Å². The molecule has 0 fully saturated rings. The van der Waals surface area contributed by atoms with Gasteiger partial charge in [-0.25, -0.2) is 9.97 Å². The molecule has 1 N–H and O–H groups in total. The molecule has 0 unspecified atom stereocenters. The van der Waals surface area contributed by atoms with Gasteiger partial charge in [-0.1, -0.05) is 5.92 Å². The third-order valence-corrected chi connectivity index (χ3v) is 1.57. The molecule has 1 aromatic heterocycles. The lowest BCUT2D eigenvalue weighted by Gasteiger charge is -2.02. The van der Waals surface area contributed by atoms with Gasteiger partial charge in [0, 0.05) is 11.9 Å². The molecule has 0 atom stereocenters. The van der Waals surface area contributed by atoms with Crippen molar-refractivity contribution in [2.45, 2.75) is 13.8 Å². The molecule has 0 radical (unpaired) electrons. The number of hydrogen-bond acceptors (Lipinski definition) is 3. The molecule has 0 saturated heterocycles. The number of anilines is 1. The first-order valence-electron chi connectivity index (χ1n) is 3.71. The average Bonchev–Trinajstić information content (AvgIpc) is 2.07. The number of hydrogen-bond donors (Lipinski definition) is 1. The Balaban J connectivity index is 2.77. The maximum atomic E-state index is 5.08. The van der Waals surface area contributed by atoms with E-state index in [1.165, 1.54) is 0 Å². The summed E-state index contributed by atoms with van der Waals surface area (Å²) >= 11 is 0. The fraction of sp³-hybridized carbons (Fsp3) is 0.333. The summed E-state index contributed by atoms with van der Waals surface area (Å²) < 4.78 is 0. The second kappa shape index (κ2) is 3.72. The van der Waals surface area contributed by atoms with Crippen LogP contribution in [0.4, 0.5) is 5.95 Å². The van der Waals surface area contributed by atoms with E-state index in [4.69, 9.17) is 6.42 Å². The van der Waals surface area contributed by atoms with Gasteiger partial charge in [0.2, 0.25) is 5.95 Å². The van der Waals surface area contributed by atoms with Crippen LogP contribution in [0.25, 0.3) is 0 Å². The van der Waals surface area contributed by atoms with E-state index in [-0.39, 0.29) is 0 Å². The molecule has 0 aromatic carbocycles. The Labute approximate surface area is 72.2 Å². The van der Waals surface area contributed by atoms with Crippen molar-refractivity contribution < 1.29 is 0 Å². The number of terminal acetylenes is 1. The molecule has 3 heteroatoms. The molecule has 1 rings (SSSR count). The molecular formula is C9H11N3. The SMILES string of the molecule is C#CCNc1ncc(C)c(C)n1. The molecule has 1 aromatic rings. The van der Waals surface area contributed by atoms with Crippen molar-refractivity contribution >= 4 is 5.95 Å². The molecule has 0 aliphatic carbocycles. The zero-order valence-corrected chi connectivity index (χ0v) is 7.26. The first-order valence-corrected chi connectivity index (χ1v) is 3.71. The largest absolute Gasteiger partial charge is 0.343 e. The third-order valence-electron chi connectivity index (χ3n) is 1.57. The lowest BCUT2D eigenvalue weighted by atomic mass is 10.3. The second-order valence-corrected chi connectivity index (χ2v) is 2.52. The fourth-order valence-electron chi connectivity index (χ4n) is 0.743.